The van der Waals surface area contributed by atoms with E-state index in [0.29, 0.717) is 12.3 Å². The third-order valence-electron chi connectivity index (χ3n) is 2.94. The molecule has 14 heavy (non-hydrogen) atoms. The maximum atomic E-state index is 11.9. The number of ketones is 2. The molecule has 0 N–H and O–H groups in total. The Morgan fingerprint density at radius 2 is 1.86 bits per heavy atom. The van der Waals surface area contributed by atoms with Crippen molar-refractivity contribution in [3.63, 3.8) is 0 Å². The smallest absolute Gasteiger partial charge is 0.148 e. The highest BCUT2D eigenvalue weighted by molar-refractivity contribution is 6.04. The van der Waals surface area contributed by atoms with Gasteiger partial charge in [0.2, 0.25) is 0 Å². The zero-order chi connectivity index (χ0) is 10.9. The average Bonchev–Trinajstić information content (AvgIpc) is 2.01. The van der Waals surface area contributed by atoms with Crippen LogP contribution in [0, 0.1) is 17.3 Å². The zero-order valence-electron chi connectivity index (χ0n) is 9.59. The number of carbonyl (C=O) groups excluding carboxylic acids is 2. The molecule has 0 aliphatic heterocycles. The first-order valence-electron chi connectivity index (χ1n) is 5.39. The Labute approximate surface area is 86.1 Å². The molecule has 0 aromatic heterocycles. The van der Waals surface area contributed by atoms with Crippen LogP contribution in [-0.2, 0) is 9.59 Å². The molecule has 0 unspecified atom stereocenters. The monoisotopic (exact) mass is 196 g/mol. The van der Waals surface area contributed by atoms with E-state index in [1.807, 2.05) is 20.8 Å². The molecular formula is C12H20O2. The Morgan fingerprint density at radius 3 is 2.29 bits per heavy atom. The fourth-order valence-corrected chi connectivity index (χ4v) is 2.00. The van der Waals surface area contributed by atoms with E-state index in [4.69, 9.17) is 0 Å². The minimum absolute atomic E-state index is 0.120. The molecule has 2 atom stereocenters. The number of rotatable bonds is 1. The quantitative estimate of drug-likeness (QED) is 0.604. The Bertz CT molecular complexity index is 248. The van der Waals surface area contributed by atoms with Crippen LogP contribution in [-0.4, -0.2) is 11.6 Å². The van der Waals surface area contributed by atoms with Gasteiger partial charge in [-0.1, -0.05) is 27.7 Å². The first kappa shape index (κ1) is 11.4. The van der Waals surface area contributed by atoms with Crippen LogP contribution in [0.1, 0.15) is 47.0 Å². The summed E-state index contributed by atoms with van der Waals surface area (Å²) >= 11 is 0. The van der Waals surface area contributed by atoms with Gasteiger partial charge in [-0.2, -0.15) is 0 Å². The van der Waals surface area contributed by atoms with Crippen molar-refractivity contribution in [1.29, 1.82) is 0 Å². The summed E-state index contributed by atoms with van der Waals surface area (Å²) in [5, 5.41) is 0. The molecule has 80 valence electrons. The number of carbonyl (C=O) groups is 2. The zero-order valence-corrected chi connectivity index (χ0v) is 9.59. The van der Waals surface area contributed by atoms with Crippen LogP contribution in [0.25, 0.3) is 0 Å². The highest BCUT2D eigenvalue weighted by Gasteiger charge is 2.36. The fraction of sp³-hybridized carbons (Fsp3) is 0.833. The standard InChI is InChI=1S/C12H20O2/c1-8-5-6-9(10(13)7-8)11(14)12(2,3)4/h8-9H,5-7H2,1-4H3/t8-,9+/m1/s1. The summed E-state index contributed by atoms with van der Waals surface area (Å²) in [6.45, 7) is 7.75. The molecule has 0 spiro atoms. The summed E-state index contributed by atoms with van der Waals surface area (Å²) < 4.78 is 0. The van der Waals surface area contributed by atoms with Crippen molar-refractivity contribution in [2.75, 3.05) is 0 Å². The maximum absolute atomic E-state index is 11.9. The lowest BCUT2D eigenvalue weighted by Gasteiger charge is -2.28. The summed E-state index contributed by atoms with van der Waals surface area (Å²) in [5.74, 6) is 0.427. The first-order valence-corrected chi connectivity index (χ1v) is 5.39. The summed E-state index contributed by atoms with van der Waals surface area (Å²) in [7, 11) is 0. The van der Waals surface area contributed by atoms with Gasteiger partial charge in [0, 0.05) is 11.8 Å². The lowest BCUT2D eigenvalue weighted by Crippen LogP contribution is -2.36. The topological polar surface area (TPSA) is 34.1 Å². The van der Waals surface area contributed by atoms with Crippen molar-refractivity contribution in [1.82, 2.24) is 0 Å². The van der Waals surface area contributed by atoms with E-state index in [2.05, 4.69) is 6.92 Å². The highest BCUT2D eigenvalue weighted by atomic mass is 16.2. The van der Waals surface area contributed by atoms with Gasteiger partial charge in [0.1, 0.15) is 11.6 Å². The van der Waals surface area contributed by atoms with E-state index in [9.17, 15) is 9.59 Å². The Hall–Kier alpha value is -0.660. The predicted octanol–water partition coefficient (Wildman–Crippen LogP) is 2.61. The van der Waals surface area contributed by atoms with Crippen LogP contribution in [0.4, 0.5) is 0 Å². The third-order valence-corrected chi connectivity index (χ3v) is 2.94. The molecule has 2 nitrogen and oxygen atoms in total. The SMILES string of the molecule is C[C@@H]1CC[C@H](C(=O)C(C)(C)C)C(=O)C1. The molecule has 0 aromatic carbocycles. The summed E-state index contributed by atoms with van der Waals surface area (Å²) in [4.78, 5) is 23.6. The van der Waals surface area contributed by atoms with E-state index in [1.165, 1.54) is 0 Å². The molecule has 0 amide bonds. The van der Waals surface area contributed by atoms with E-state index in [0.717, 1.165) is 12.8 Å². The lowest BCUT2D eigenvalue weighted by molar-refractivity contribution is -0.139. The summed E-state index contributed by atoms with van der Waals surface area (Å²) in [5.41, 5.74) is -0.374. The van der Waals surface area contributed by atoms with E-state index >= 15 is 0 Å². The van der Waals surface area contributed by atoms with Crippen LogP contribution in [0.3, 0.4) is 0 Å². The molecule has 0 saturated heterocycles. The largest absolute Gasteiger partial charge is 0.299 e. The van der Waals surface area contributed by atoms with Crippen LogP contribution in [0.5, 0.6) is 0 Å². The maximum Gasteiger partial charge on any atom is 0.148 e. The minimum Gasteiger partial charge on any atom is -0.299 e. The Balaban J connectivity index is 2.70. The molecule has 2 heteroatoms. The van der Waals surface area contributed by atoms with Gasteiger partial charge in [0.25, 0.3) is 0 Å². The van der Waals surface area contributed by atoms with Crippen molar-refractivity contribution in [2.24, 2.45) is 17.3 Å². The third kappa shape index (κ3) is 2.43. The van der Waals surface area contributed by atoms with E-state index in [-0.39, 0.29) is 22.9 Å². The van der Waals surface area contributed by atoms with Crippen LogP contribution >= 0.6 is 0 Å². The van der Waals surface area contributed by atoms with Crippen molar-refractivity contribution in [3.05, 3.63) is 0 Å². The second kappa shape index (κ2) is 3.84. The van der Waals surface area contributed by atoms with Crippen LogP contribution in [0.15, 0.2) is 0 Å². The van der Waals surface area contributed by atoms with Crippen molar-refractivity contribution in [2.45, 2.75) is 47.0 Å². The Kier molecular flexibility index (Phi) is 3.13. The van der Waals surface area contributed by atoms with Gasteiger partial charge in [0.15, 0.2) is 0 Å². The normalized spacial score (nSPS) is 29.0. The molecule has 0 radical (unpaired) electrons. The molecule has 1 rings (SSSR count). The number of hydrogen-bond donors (Lipinski definition) is 0. The van der Waals surface area contributed by atoms with Crippen molar-refractivity contribution < 1.29 is 9.59 Å². The van der Waals surface area contributed by atoms with E-state index in [1.54, 1.807) is 0 Å². The molecule has 1 fully saturated rings. The summed E-state index contributed by atoms with van der Waals surface area (Å²) in [6, 6.07) is 0. The van der Waals surface area contributed by atoms with Crippen molar-refractivity contribution in [3.8, 4) is 0 Å². The summed E-state index contributed by atoms with van der Waals surface area (Å²) in [6.07, 6.45) is 2.36. The molecule has 1 saturated carbocycles. The molecule has 1 aliphatic rings. The number of Topliss-reactive ketones (excluding diaryl/α,β-unsaturated/α-hetero) is 2. The minimum atomic E-state index is -0.374. The van der Waals surface area contributed by atoms with Gasteiger partial charge in [-0.3, -0.25) is 9.59 Å². The second-order valence-electron chi connectivity index (χ2n) is 5.52. The van der Waals surface area contributed by atoms with Gasteiger partial charge < -0.3 is 0 Å². The average molecular weight is 196 g/mol. The van der Waals surface area contributed by atoms with E-state index < -0.39 is 0 Å². The molecule has 0 heterocycles. The highest BCUT2D eigenvalue weighted by Crippen LogP contribution is 2.31. The van der Waals surface area contributed by atoms with Gasteiger partial charge >= 0.3 is 0 Å². The predicted molar refractivity (Wildman–Crippen MR) is 56.0 cm³/mol. The van der Waals surface area contributed by atoms with Gasteiger partial charge in [-0.05, 0) is 18.8 Å². The van der Waals surface area contributed by atoms with Crippen LogP contribution in [0.2, 0.25) is 0 Å². The molecular weight excluding hydrogens is 176 g/mol. The molecule has 1 aliphatic carbocycles. The van der Waals surface area contributed by atoms with Crippen LogP contribution < -0.4 is 0 Å². The van der Waals surface area contributed by atoms with Gasteiger partial charge in [-0.15, -0.1) is 0 Å². The molecule has 0 aromatic rings. The van der Waals surface area contributed by atoms with Gasteiger partial charge in [0.05, 0.1) is 5.92 Å². The fourth-order valence-electron chi connectivity index (χ4n) is 2.00. The number of hydrogen-bond acceptors (Lipinski definition) is 2. The van der Waals surface area contributed by atoms with Gasteiger partial charge in [-0.25, -0.2) is 0 Å². The first-order chi connectivity index (χ1) is 6.32. The molecule has 0 bridgehead atoms. The van der Waals surface area contributed by atoms with Crippen molar-refractivity contribution >= 4 is 11.6 Å². The lowest BCUT2D eigenvalue weighted by atomic mass is 9.73. The second-order valence-corrected chi connectivity index (χ2v) is 5.52. The Morgan fingerprint density at radius 1 is 1.29 bits per heavy atom.